The molecule has 0 radical (unpaired) electrons. The Kier molecular flexibility index (Phi) is 3.60. The SMILES string of the molecule is NS(=O)(=O)C1CCN(C(=O)C2CC3=C(CNC3)C2)CC1. The molecule has 2 aliphatic heterocycles. The van der Waals surface area contributed by atoms with Crippen LogP contribution in [0.4, 0.5) is 0 Å². The Bertz CT molecular complexity index is 531. The number of amides is 1. The molecule has 0 aromatic heterocycles. The van der Waals surface area contributed by atoms with Gasteiger partial charge in [0.1, 0.15) is 0 Å². The van der Waals surface area contributed by atoms with Crippen LogP contribution in [0.15, 0.2) is 11.1 Å². The molecule has 20 heavy (non-hydrogen) atoms. The Labute approximate surface area is 119 Å². The summed E-state index contributed by atoms with van der Waals surface area (Å²) in [5.41, 5.74) is 2.81. The molecule has 0 spiro atoms. The molecule has 0 aromatic rings. The molecule has 2 heterocycles. The molecule has 3 rings (SSSR count). The molecule has 0 bridgehead atoms. The summed E-state index contributed by atoms with van der Waals surface area (Å²) >= 11 is 0. The van der Waals surface area contributed by atoms with Gasteiger partial charge in [-0.2, -0.15) is 0 Å². The van der Waals surface area contributed by atoms with E-state index >= 15 is 0 Å². The predicted octanol–water partition coefficient (Wildman–Crippen LogP) is -0.424. The molecular weight excluding hydrogens is 278 g/mol. The van der Waals surface area contributed by atoms with Gasteiger partial charge in [-0.1, -0.05) is 11.1 Å². The first-order valence-electron chi connectivity index (χ1n) is 7.16. The number of nitrogens with one attached hydrogen (secondary N) is 1. The highest BCUT2D eigenvalue weighted by Gasteiger charge is 2.36. The maximum atomic E-state index is 12.5. The molecule has 3 aliphatic rings. The van der Waals surface area contributed by atoms with E-state index in [4.69, 9.17) is 5.14 Å². The number of likely N-dealkylation sites (tertiary alicyclic amines) is 1. The second-order valence-electron chi connectivity index (χ2n) is 6.03. The van der Waals surface area contributed by atoms with E-state index in [1.807, 2.05) is 4.90 Å². The van der Waals surface area contributed by atoms with Crippen LogP contribution in [0.5, 0.6) is 0 Å². The summed E-state index contributed by atoms with van der Waals surface area (Å²) < 4.78 is 22.6. The first kappa shape index (κ1) is 14.0. The largest absolute Gasteiger partial charge is 0.342 e. The minimum absolute atomic E-state index is 0.0770. The zero-order valence-electron chi connectivity index (χ0n) is 11.5. The predicted molar refractivity (Wildman–Crippen MR) is 75.3 cm³/mol. The molecule has 1 saturated heterocycles. The van der Waals surface area contributed by atoms with E-state index < -0.39 is 15.3 Å². The Hall–Kier alpha value is -0.920. The van der Waals surface area contributed by atoms with Crippen LogP contribution in [-0.2, 0) is 14.8 Å². The number of carbonyl (C=O) groups is 1. The van der Waals surface area contributed by atoms with Gasteiger partial charge in [-0.3, -0.25) is 4.79 Å². The molecule has 112 valence electrons. The van der Waals surface area contributed by atoms with Crippen LogP contribution in [0.2, 0.25) is 0 Å². The number of sulfonamides is 1. The zero-order chi connectivity index (χ0) is 14.3. The number of nitrogens with zero attached hydrogens (tertiary/aromatic N) is 1. The summed E-state index contributed by atoms with van der Waals surface area (Å²) in [5, 5.41) is 7.99. The lowest BCUT2D eigenvalue weighted by atomic mass is 10.0. The maximum Gasteiger partial charge on any atom is 0.226 e. The molecule has 1 amide bonds. The molecule has 7 heteroatoms. The monoisotopic (exact) mass is 299 g/mol. The molecule has 0 saturated carbocycles. The Morgan fingerprint density at radius 1 is 1.15 bits per heavy atom. The fourth-order valence-electron chi connectivity index (χ4n) is 3.55. The van der Waals surface area contributed by atoms with Crippen molar-refractivity contribution in [3.8, 4) is 0 Å². The fraction of sp³-hybridized carbons (Fsp3) is 0.769. The third-order valence-corrected chi connectivity index (χ3v) is 6.13. The molecule has 1 fully saturated rings. The number of primary sulfonamides is 1. The summed E-state index contributed by atoms with van der Waals surface area (Å²) in [6.45, 7) is 2.87. The lowest BCUT2D eigenvalue weighted by molar-refractivity contribution is -0.136. The van der Waals surface area contributed by atoms with Gasteiger partial charge in [0.05, 0.1) is 5.25 Å². The van der Waals surface area contributed by atoms with Crippen LogP contribution in [0, 0.1) is 5.92 Å². The normalized spacial score (nSPS) is 25.4. The first-order chi connectivity index (χ1) is 9.45. The van der Waals surface area contributed by atoms with E-state index in [1.165, 1.54) is 11.1 Å². The van der Waals surface area contributed by atoms with Gasteiger partial charge in [0.25, 0.3) is 0 Å². The van der Waals surface area contributed by atoms with E-state index in [9.17, 15) is 13.2 Å². The Morgan fingerprint density at radius 2 is 1.70 bits per heavy atom. The van der Waals surface area contributed by atoms with Crippen molar-refractivity contribution in [3.63, 3.8) is 0 Å². The smallest absolute Gasteiger partial charge is 0.226 e. The number of carbonyl (C=O) groups excluding carboxylic acids is 1. The summed E-state index contributed by atoms with van der Waals surface area (Å²) in [7, 11) is -3.46. The van der Waals surface area contributed by atoms with Crippen molar-refractivity contribution < 1.29 is 13.2 Å². The van der Waals surface area contributed by atoms with E-state index in [0.717, 1.165) is 25.9 Å². The van der Waals surface area contributed by atoms with Crippen LogP contribution in [0.3, 0.4) is 0 Å². The van der Waals surface area contributed by atoms with Crippen LogP contribution in [0.25, 0.3) is 0 Å². The molecule has 1 aliphatic carbocycles. The molecular formula is C13H21N3O3S. The summed E-state index contributed by atoms with van der Waals surface area (Å²) in [6.07, 6.45) is 2.67. The average molecular weight is 299 g/mol. The van der Waals surface area contributed by atoms with Crippen molar-refractivity contribution in [2.75, 3.05) is 26.2 Å². The zero-order valence-corrected chi connectivity index (χ0v) is 12.3. The van der Waals surface area contributed by atoms with Gasteiger partial charge < -0.3 is 10.2 Å². The molecule has 6 nitrogen and oxygen atoms in total. The third kappa shape index (κ3) is 2.62. The van der Waals surface area contributed by atoms with Crippen molar-refractivity contribution in [1.29, 1.82) is 0 Å². The highest BCUT2D eigenvalue weighted by molar-refractivity contribution is 7.89. The maximum absolute atomic E-state index is 12.5. The van der Waals surface area contributed by atoms with Gasteiger partial charge in [-0.05, 0) is 25.7 Å². The van der Waals surface area contributed by atoms with Crippen molar-refractivity contribution in [2.45, 2.75) is 30.9 Å². The lowest BCUT2D eigenvalue weighted by Crippen LogP contribution is -2.46. The number of rotatable bonds is 2. The van der Waals surface area contributed by atoms with Crippen molar-refractivity contribution in [3.05, 3.63) is 11.1 Å². The average Bonchev–Trinajstić information content (AvgIpc) is 2.97. The van der Waals surface area contributed by atoms with Crippen LogP contribution in [-0.4, -0.2) is 50.7 Å². The highest BCUT2D eigenvalue weighted by Crippen LogP contribution is 2.35. The van der Waals surface area contributed by atoms with Crippen LogP contribution < -0.4 is 10.5 Å². The lowest BCUT2D eigenvalue weighted by Gasteiger charge is -2.32. The molecule has 0 unspecified atom stereocenters. The molecule has 3 N–H and O–H groups in total. The highest BCUT2D eigenvalue weighted by atomic mass is 32.2. The van der Waals surface area contributed by atoms with Crippen molar-refractivity contribution >= 4 is 15.9 Å². The molecule has 0 aromatic carbocycles. The second kappa shape index (κ2) is 5.13. The van der Waals surface area contributed by atoms with Gasteiger partial charge in [0, 0.05) is 32.1 Å². The van der Waals surface area contributed by atoms with Gasteiger partial charge >= 0.3 is 0 Å². The minimum atomic E-state index is -3.46. The standard InChI is InChI=1S/C13H21N3O3S/c14-20(18,19)12-1-3-16(4-2-12)13(17)9-5-10-7-15-8-11(10)6-9/h9,12,15H,1-8H2,(H2,14,18,19). The molecule has 0 atom stereocenters. The van der Waals surface area contributed by atoms with E-state index in [2.05, 4.69) is 5.32 Å². The Morgan fingerprint density at radius 3 is 2.20 bits per heavy atom. The van der Waals surface area contributed by atoms with Crippen molar-refractivity contribution in [2.24, 2.45) is 11.1 Å². The number of hydrogen-bond donors (Lipinski definition) is 2. The number of piperidine rings is 1. The van der Waals surface area contributed by atoms with Gasteiger partial charge in [0.2, 0.25) is 15.9 Å². The van der Waals surface area contributed by atoms with Gasteiger partial charge in [0.15, 0.2) is 0 Å². The second-order valence-corrected chi connectivity index (χ2v) is 7.87. The van der Waals surface area contributed by atoms with Crippen LogP contribution in [0.1, 0.15) is 25.7 Å². The third-order valence-electron chi connectivity index (χ3n) is 4.73. The van der Waals surface area contributed by atoms with Crippen LogP contribution >= 0.6 is 0 Å². The quantitative estimate of drug-likeness (QED) is 0.677. The summed E-state index contributed by atoms with van der Waals surface area (Å²) in [4.78, 5) is 14.3. The summed E-state index contributed by atoms with van der Waals surface area (Å²) in [6, 6.07) is 0. The number of hydrogen-bond acceptors (Lipinski definition) is 4. The number of nitrogens with two attached hydrogens (primary N) is 1. The van der Waals surface area contributed by atoms with E-state index in [1.54, 1.807) is 0 Å². The Balaban J connectivity index is 1.55. The van der Waals surface area contributed by atoms with E-state index in [-0.39, 0.29) is 11.8 Å². The minimum Gasteiger partial charge on any atom is -0.342 e. The fourth-order valence-corrected chi connectivity index (χ4v) is 4.42. The van der Waals surface area contributed by atoms with Gasteiger partial charge in [-0.15, -0.1) is 0 Å². The summed E-state index contributed by atoms with van der Waals surface area (Å²) in [5.74, 6) is 0.264. The van der Waals surface area contributed by atoms with E-state index in [0.29, 0.717) is 25.9 Å². The van der Waals surface area contributed by atoms with Gasteiger partial charge in [-0.25, -0.2) is 13.6 Å². The first-order valence-corrected chi connectivity index (χ1v) is 8.77. The topological polar surface area (TPSA) is 92.5 Å². The van der Waals surface area contributed by atoms with Crippen molar-refractivity contribution in [1.82, 2.24) is 10.2 Å².